The fourth-order valence-corrected chi connectivity index (χ4v) is 14.0. The molecule has 0 aliphatic carbocycles. The second-order valence-electron chi connectivity index (χ2n) is 28.6. The average molecular weight is 1620 g/mol. The van der Waals surface area contributed by atoms with Crippen molar-refractivity contribution in [3.05, 3.63) is 156 Å². The van der Waals surface area contributed by atoms with Crippen molar-refractivity contribution in [1.29, 1.82) is 5.41 Å². The van der Waals surface area contributed by atoms with Crippen LogP contribution in [0.3, 0.4) is 0 Å². The molecule has 5 aromatic carbocycles. The number of hydrogen-bond acceptors (Lipinski definition) is 18. The second kappa shape index (κ2) is 44.3. The van der Waals surface area contributed by atoms with Gasteiger partial charge in [-0.3, -0.25) is 72.5 Å². The Hall–Kier alpha value is -12.4. The number of hydrogen-bond donors (Lipinski definition) is 21. The van der Waals surface area contributed by atoms with Crippen molar-refractivity contribution in [2.24, 2.45) is 23.1 Å². The van der Waals surface area contributed by atoms with Gasteiger partial charge in [-0.05, 0) is 96.1 Å². The van der Waals surface area contributed by atoms with Crippen LogP contribution in [-0.4, -0.2) is 207 Å². The minimum Gasteiger partial charge on any atom is -0.481 e. The van der Waals surface area contributed by atoms with Crippen LogP contribution in [0.5, 0.6) is 0 Å². The Balaban J connectivity index is 1.16. The zero-order valence-corrected chi connectivity index (χ0v) is 65.4. The highest BCUT2D eigenvalue weighted by molar-refractivity contribution is 8.00. The van der Waals surface area contributed by atoms with Crippen molar-refractivity contribution in [2.45, 2.75) is 164 Å². The molecule has 1 aliphatic heterocycles. The first kappa shape index (κ1) is 89.1. The molecule has 13 amide bonds. The molecular formula is C80H103N19O16S. The lowest BCUT2D eigenvalue weighted by atomic mass is 9.99. The number of para-hydroxylation sites is 2. The van der Waals surface area contributed by atoms with Gasteiger partial charge in [-0.25, -0.2) is 0 Å². The van der Waals surface area contributed by atoms with Crippen LogP contribution >= 0.6 is 11.8 Å². The highest BCUT2D eigenvalue weighted by atomic mass is 32.2. The lowest BCUT2D eigenvalue weighted by Crippen LogP contribution is -2.60. The van der Waals surface area contributed by atoms with E-state index in [1.54, 1.807) is 129 Å². The quantitative estimate of drug-likeness (QED) is 0.0220. The number of carboxylic acids is 1. The zero-order valence-electron chi connectivity index (χ0n) is 64.6. The molecule has 0 unspecified atom stereocenters. The van der Waals surface area contributed by atoms with E-state index in [4.69, 9.17) is 22.6 Å². The van der Waals surface area contributed by atoms with Gasteiger partial charge in [0.05, 0.1) is 25.3 Å². The largest absolute Gasteiger partial charge is 0.481 e. The summed E-state index contributed by atoms with van der Waals surface area (Å²) in [6, 6.07) is 17.3. The van der Waals surface area contributed by atoms with Crippen molar-refractivity contribution in [3.63, 3.8) is 0 Å². The summed E-state index contributed by atoms with van der Waals surface area (Å²) in [6.07, 6.45) is 2.44. The van der Waals surface area contributed by atoms with E-state index in [-0.39, 0.29) is 75.8 Å². The van der Waals surface area contributed by atoms with E-state index < -0.39 is 186 Å². The number of fused-ring (bicyclic) bond motifs is 3. The monoisotopic (exact) mass is 1620 g/mol. The number of nitrogens with two attached hydrogens (primary N) is 3. The SMILES string of the molecule is CCCC[C@@H]1NC(=O)[C@H](Cc2c[nH]c3ccccc23)NC(=O)[C@H](CC(=O)O)NC(=O)[C@H](CCCCN)NC(=O)CNC(=O)[C@H](CO)NC(=O)[C@H](CCCNC(=N)N)NC(=O)[C@@H](Cc2ccc3ccccc3c2)NC(=O)CSC[C@@H](C(N)=O)NC(=O)[C@H](C(C)C)NC(=O)[C@H](Cc2c[nH]c3ccccc23)NC(=O)[C@H](c2ccccc2)NC1=O. The van der Waals surface area contributed by atoms with Crippen LogP contribution in [0.25, 0.3) is 32.6 Å². The fraction of sp³-hybridized carbons (Fsp3) is 0.412. The number of carbonyl (C=O) groups excluding carboxylic acids is 13. The summed E-state index contributed by atoms with van der Waals surface area (Å²) in [4.78, 5) is 208. The third-order valence-corrected chi connectivity index (χ3v) is 20.5. The number of carbonyl (C=O) groups is 14. The summed E-state index contributed by atoms with van der Waals surface area (Å²) in [5, 5.41) is 65.3. The smallest absolute Gasteiger partial charge is 0.305 e. The standard InChI is InChI=1S/C80H103N19O16S/c1-4-5-24-56-73(109)99-68(47-19-7-6-8-20-47)79(115)95-60(36-50-39-87-54-26-14-12-23-52(50)54)77(113)98-67(44(2)3)78(114)97-63(69(82)105)42-116-43-65(102)90-58(34-45-29-30-46-18-9-10-21-48(46)33-45)74(110)92-57(28-17-32-85-80(83)84)72(108)96-62(41-100)70(106)88-40-64(101)89-55(27-15-16-31-81)71(107)94-61(37-66(103)104)76(112)93-59(75(111)91-56)35-49-38-86-53-25-13-11-22-51(49)53/h6-14,18-23,25-26,29-30,33,38-39,44,55-63,67-68,86-87,100H,4-5,15-17,24,27-28,31-32,34-37,40-43,81H2,1-3H3,(H2,82,105)(H,88,106)(H,89,101)(H,90,102)(H,91,111)(H,92,110)(H,93,112)(H,94,107)(H,95,115)(H,96,108)(H,97,114)(H,98,113)(H,99,109)(H,103,104)(H4,83,84,85)/t55-,56-,57-,58+,59-,60-,61-,62-,63-,67-,68-/m0/s1. The molecule has 0 radical (unpaired) electrons. The van der Waals surface area contributed by atoms with Gasteiger partial charge in [0.2, 0.25) is 76.8 Å². The Morgan fingerprint density at radius 2 is 1.02 bits per heavy atom. The number of aromatic nitrogens is 2. The number of aliphatic hydroxyl groups is 1. The molecule has 24 N–H and O–H groups in total. The fourth-order valence-electron chi connectivity index (χ4n) is 13.2. The number of rotatable bonds is 23. The Bertz CT molecular complexity index is 4650. The normalized spacial score (nSPS) is 22.4. The van der Waals surface area contributed by atoms with E-state index >= 15 is 19.2 Å². The van der Waals surface area contributed by atoms with Crippen LogP contribution in [-0.2, 0) is 86.4 Å². The van der Waals surface area contributed by atoms with E-state index in [0.29, 0.717) is 57.8 Å². The maximum atomic E-state index is 15.3. The third-order valence-electron chi connectivity index (χ3n) is 19.4. The summed E-state index contributed by atoms with van der Waals surface area (Å²) in [7, 11) is 0. The zero-order chi connectivity index (χ0) is 84.0. The number of unbranched alkanes of at least 4 members (excludes halogenated alkanes) is 2. The molecule has 1 saturated heterocycles. The molecular weight excluding hydrogens is 1520 g/mol. The molecule has 1 aliphatic rings. The Morgan fingerprint density at radius 3 is 1.60 bits per heavy atom. The number of aliphatic carboxylic acids is 1. The van der Waals surface area contributed by atoms with Crippen molar-refractivity contribution < 1.29 is 77.3 Å². The first-order valence-electron chi connectivity index (χ1n) is 38.3. The molecule has 116 heavy (non-hydrogen) atoms. The third kappa shape index (κ3) is 26.6. The molecule has 7 aromatic rings. The molecule has 2 aromatic heterocycles. The van der Waals surface area contributed by atoms with E-state index in [1.165, 1.54) is 0 Å². The van der Waals surface area contributed by atoms with Gasteiger partial charge in [0.1, 0.15) is 66.5 Å². The molecule has 11 atom stereocenters. The van der Waals surface area contributed by atoms with Crippen molar-refractivity contribution in [1.82, 2.24) is 79.1 Å². The average Bonchev–Trinajstić information content (AvgIpc) is 1.65. The molecule has 36 heteroatoms. The number of carboxylic acid groups (broad SMARTS) is 1. The summed E-state index contributed by atoms with van der Waals surface area (Å²) in [5.41, 5.74) is 20.4. The topological polar surface area (TPSA) is 569 Å². The van der Waals surface area contributed by atoms with Gasteiger partial charge in [0.15, 0.2) is 5.96 Å². The van der Waals surface area contributed by atoms with Gasteiger partial charge < -0.3 is 107 Å². The number of amides is 13. The predicted octanol–water partition coefficient (Wildman–Crippen LogP) is -0.410. The van der Waals surface area contributed by atoms with Crippen LogP contribution in [0.4, 0.5) is 0 Å². The maximum absolute atomic E-state index is 15.3. The minimum absolute atomic E-state index is 0.0105. The van der Waals surface area contributed by atoms with Gasteiger partial charge in [-0.1, -0.05) is 143 Å². The molecule has 0 saturated carbocycles. The van der Waals surface area contributed by atoms with Crippen molar-refractivity contribution >= 4 is 133 Å². The number of nitrogens with one attached hydrogen (secondary N) is 16. The van der Waals surface area contributed by atoms with Crippen LogP contribution in [0.1, 0.15) is 107 Å². The molecule has 35 nitrogen and oxygen atoms in total. The number of aromatic amines is 2. The molecule has 1 fully saturated rings. The number of H-pyrrole nitrogens is 2. The maximum Gasteiger partial charge on any atom is 0.305 e. The lowest BCUT2D eigenvalue weighted by Gasteiger charge is -2.29. The summed E-state index contributed by atoms with van der Waals surface area (Å²) < 4.78 is 0. The number of guanidine groups is 1. The first-order valence-corrected chi connectivity index (χ1v) is 39.5. The molecule has 3 heterocycles. The van der Waals surface area contributed by atoms with Crippen LogP contribution in [0, 0.1) is 11.3 Å². The summed E-state index contributed by atoms with van der Waals surface area (Å²) in [5.74, 6) is -16.2. The van der Waals surface area contributed by atoms with Crippen LogP contribution in [0.2, 0.25) is 0 Å². The number of thioether (sulfide) groups is 1. The van der Waals surface area contributed by atoms with Crippen molar-refractivity contribution in [3.8, 4) is 0 Å². The van der Waals surface area contributed by atoms with Gasteiger partial charge in [-0.15, -0.1) is 11.8 Å². The van der Waals surface area contributed by atoms with Crippen molar-refractivity contribution in [2.75, 3.05) is 37.7 Å². The van der Waals surface area contributed by atoms with E-state index in [0.717, 1.165) is 22.5 Å². The van der Waals surface area contributed by atoms with Gasteiger partial charge in [-0.2, -0.15) is 0 Å². The predicted molar refractivity (Wildman–Crippen MR) is 434 cm³/mol. The second-order valence-corrected chi connectivity index (χ2v) is 29.6. The molecule has 620 valence electrons. The van der Waals surface area contributed by atoms with Gasteiger partial charge in [0, 0.05) is 65.8 Å². The van der Waals surface area contributed by atoms with Gasteiger partial charge >= 0.3 is 5.97 Å². The van der Waals surface area contributed by atoms with Crippen LogP contribution < -0.4 is 86.3 Å². The van der Waals surface area contributed by atoms with E-state index in [1.807, 2.05) is 25.1 Å². The molecule has 8 rings (SSSR count). The molecule has 0 bridgehead atoms. The van der Waals surface area contributed by atoms with Crippen LogP contribution in [0.15, 0.2) is 134 Å². The minimum atomic E-state index is -1.96. The highest BCUT2D eigenvalue weighted by Crippen LogP contribution is 2.24. The van der Waals surface area contributed by atoms with E-state index in [2.05, 4.69) is 79.1 Å². The number of benzene rings is 5. The van der Waals surface area contributed by atoms with Gasteiger partial charge in [0.25, 0.3) is 0 Å². The number of aliphatic hydroxyl groups excluding tert-OH is 1. The molecule has 0 spiro atoms. The Morgan fingerprint density at radius 1 is 0.517 bits per heavy atom. The lowest BCUT2D eigenvalue weighted by molar-refractivity contribution is -0.141. The first-order chi connectivity index (χ1) is 55.6. The Labute approximate surface area is 672 Å². The summed E-state index contributed by atoms with van der Waals surface area (Å²) in [6.45, 7) is 3.22. The van der Waals surface area contributed by atoms with E-state index in [9.17, 15) is 58.2 Å². The number of primary amides is 1. The summed E-state index contributed by atoms with van der Waals surface area (Å²) >= 11 is 0.843. The highest BCUT2D eigenvalue weighted by Gasteiger charge is 2.38. The Kier molecular flexibility index (Phi) is 34.0.